The van der Waals surface area contributed by atoms with Crippen molar-refractivity contribution in [3.63, 3.8) is 0 Å². The first-order valence-electron chi connectivity index (χ1n) is 6.70. The van der Waals surface area contributed by atoms with E-state index in [1.165, 1.54) is 14.2 Å². The molecule has 0 atom stereocenters. The zero-order valence-corrected chi connectivity index (χ0v) is 14.6. The number of hydroxylamine groups is 2. The third-order valence-corrected chi connectivity index (χ3v) is 2.64. The van der Waals surface area contributed by atoms with Crippen LogP contribution in [0.1, 0.15) is 10.4 Å². The normalized spacial score (nSPS) is 11.4. The first-order chi connectivity index (χ1) is 11.7. The van der Waals surface area contributed by atoms with Crippen LogP contribution in [0.25, 0.3) is 10.9 Å². The quantitative estimate of drug-likeness (QED) is 0.346. The largest absolute Gasteiger partial charge is 0.396 e. The number of guanidine groups is 1. The third kappa shape index (κ3) is 6.33. The van der Waals surface area contributed by atoms with Gasteiger partial charge in [-0.2, -0.15) is 8.42 Å². The standard InChI is InChI=1S/C13H14N4O3.CH4O3S/c1-19-16-13(14)17(20-2)12(18)10-7-8-15-11-6-4-3-5-9(10)11;1-5(2,3)4/h3-8H,1-2H3,(H2,14,16);1H3,(H,2,3,4). The van der Waals surface area contributed by atoms with E-state index in [1.54, 1.807) is 18.3 Å². The Morgan fingerprint density at radius 1 is 1.28 bits per heavy atom. The van der Waals surface area contributed by atoms with Crippen LogP contribution in [0.15, 0.2) is 41.7 Å². The Labute approximate surface area is 144 Å². The van der Waals surface area contributed by atoms with Gasteiger partial charge in [0.1, 0.15) is 7.11 Å². The van der Waals surface area contributed by atoms with Crippen molar-refractivity contribution in [2.24, 2.45) is 10.9 Å². The number of nitrogens with zero attached hydrogens (tertiary/aromatic N) is 3. The number of pyridine rings is 1. The zero-order valence-electron chi connectivity index (χ0n) is 13.8. The number of oxime groups is 1. The lowest BCUT2D eigenvalue weighted by molar-refractivity contribution is -0.0440. The van der Waals surface area contributed by atoms with Gasteiger partial charge >= 0.3 is 0 Å². The number of carbonyl (C=O) groups excluding carboxylic acids is 1. The number of hydrogen-bond acceptors (Lipinski definition) is 7. The van der Waals surface area contributed by atoms with Gasteiger partial charge in [0.25, 0.3) is 22.0 Å². The van der Waals surface area contributed by atoms with Crippen molar-refractivity contribution >= 4 is 32.9 Å². The summed E-state index contributed by atoms with van der Waals surface area (Å²) in [5.41, 5.74) is 6.72. The number of hydrogen-bond donors (Lipinski definition) is 2. The monoisotopic (exact) mass is 370 g/mol. The van der Waals surface area contributed by atoms with Crippen LogP contribution in [0.5, 0.6) is 0 Å². The molecule has 1 heterocycles. The second-order valence-corrected chi connectivity index (χ2v) is 5.99. The van der Waals surface area contributed by atoms with Crippen molar-refractivity contribution in [2.45, 2.75) is 0 Å². The van der Waals surface area contributed by atoms with Crippen LogP contribution in [0.2, 0.25) is 0 Å². The predicted molar refractivity (Wildman–Crippen MR) is 91.0 cm³/mol. The van der Waals surface area contributed by atoms with Crippen LogP contribution in [0.4, 0.5) is 0 Å². The molecule has 136 valence electrons. The molecule has 0 radical (unpaired) electrons. The maximum Gasteiger partial charge on any atom is 0.285 e. The van der Waals surface area contributed by atoms with Gasteiger partial charge in [-0.3, -0.25) is 19.2 Å². The molecule has 25 heavy (non-hydrogen) atoms. The van der Waals surface area contributed by atoms with E-state index in [1.807, 2.05) is 18.2 Å². The Kier molecular flexibility index (Phi) is 7.23. The maximum atomic E-state index is 12.5. The van der Waals surface area contributed by atoms with Crippen LogP contribution < -0.4 is 5.73 Å². The molecule has 1 amide bonds. The second-order valence-electron chi connectivity index (χ2n) is 4.52. The minimum Gasteiger partial charge on any atom is -0.396 e. The Hall–Kier alpha value is -2.76. The van der Waals surface area contributed by atoms with Gasteiger partial charge in [-0.15, -0.1) is 5.06 Å². The van der Waals surface area contributed by atoms with Gasteiger partial charge in [0.05, 0.1) is 24.4 Å². The molecule has 2 aromatic rings. The number of para-hydroxylation sites is 1. The molecule has 0 unspecified atom stereocenters. The average molecular weight is 370 g/mol. The summed E-state index contributed by atoms with van der Waals surface area (Å²) in [6.45, 7) is 0. The van der Waals surface area contributed by atoms with Crippen molar-refractivity contribution in [2.75, 3.05) is 20.5 Å². The van der Waals surface area contributed by atoms with Crippen LogP contribution >= 0.6 is 0 Å². The summed E-state index contributed by atoms with van der Waals surface area (Å²) in [6, 6.07) is 8.88. The number of nitrogens with two attached hydrogens (primary N) is 1. The van der Waals surface area contributed by atoms with Crippen molar-refractivity contribution in [3.05, 3.63) is 42.1 Å². The molecular formula is C14H18N4O6S. The molecule has 0 aliphatic heterocycles. The van der Waals surface area contributed by atoms with E-state index < -0.39 is 16.0 Å². The van der Waals surface area contributed by atoms with Gasteiger partial charge in [-0.25, -0.2) is 0 Å². The third-order valence-electron chi connectivity index (χ3n) is 2.64. The summed E-state index contributed by atoms with van der Waals surface area (Å²) in [4.78, 5) is 26.1. The fourth-order valence-electron chi connectivity index (χ4n) is 1.80. The molecule has 0 fully saturated rings. The molecule has 11 heteroatoms. The molecule has 3 N–H and O–H groups in total. The fourth-order valence-corrected chi connectivity index (χ4v) is 1.80. The Morgan fingerprint density at radius 3 is 2.44 bits per heavy atom. The molecule has 0 spiro atoms. The molecule has 0 saturated heterocycles. The zero-order chi connectivity index (χ0) is 19.0. The summed E-state index contributed by atoms with van der Waals surface area (Å²) in [7, 11) is -1.02. The van der Waals surface area contributed by atoms with Gasteiger partial charge < -0.3 is 10.6 Å². The number of amides is 1. The Bertz CT molecular complexity index is 855. The van der Waals surface area contributed by atoms with Crippen LogP contribution in [0.3, 0.4) is 0 Å². The average Bonchev–Trinajstić information content (AvgIpc) is 2.53. The van der Waals surface area contributed by atoms with E-state index in [-0.39, 0.29) is 5.96 Å². The maximum absolute atomic E-state index is 12.5. The highest BCUT2D eigenvalue weighted by Gasteiger charge is 2.22. The highest BCUT2D eigenvalue weighted by atomic mass is 32.2. The molecule has 0 saturated carbocycles. The SMILES string of the molecule is CON=C(N)N(OC)C(=O)c1ccnc2ccccc12.CS(=O)(=O)O. The van der Waals surface area contributed by atoms with Gasteiger partial charge in [-0.1, -0.05) is 18.2 Å². The van der Waals surface area contributed by atoms with E-state index in [0.29, 0.717) is 22.7 Å². The van der Waals surface area contributed by atoms with Crippen molar-refractivity contribution in [1.29, 1.82) is 0 Å². The number of benzene rings is 1. The number of rotatable bonds is 3. The molecule has 0 aliphatic rings. The van der Waals surface area contributed by atoms with Crippen LogP contribution in [-0.2, 0) is 19.8 Å². The van der Waals surface area contributed by atoms with Crippen molar-refractivity contribution < 1.29 is 27.4 Å². The molecule has 1 aromatic carbocycles. The number of aromatic nitrogens is 1. The number of fused-ring (bicyclic) bond motifs is 1. The summed E-state index contributed by atoms with van der Waals surface area (Å²) in [5, 5.41) is 5.03. The van der Waals surface area contributed by atoms with Crippen LogP contribution in [0, 0.1) is 0 Å². The summed E-state index contributed by atoms with van der Waals surface area (Å²) in [6.07, 6.45) is 2.26. The molecule has 1 aromatic heterocycles. The predicted octanol–water partition coefficient (Wildman–Crippen LogP) is 0.619. The Morgan fingerprint density at radius 2 is 1.88 bits per heavy atom. The lowest BCUT2D eigenvalue weighted by atomic mass is 10.1. The van der Waals surface area contributed by atoms with E-state index >= 15 is 0 Å². The van der Waals surface area contributed by atoms with E-state index in [4.69, 9.17) is 15.1 Å². The van der Waals surface area contributed by atoms with Crippen molar-refractivity contribution in [3.8, 4) is 0 Å². The smallest absolute Gasteiger partial charge is 0.285 e. The lowest BCUT2D eigenvalue weighted by Crippen LogP contribution is -2.41. The van der Waals surface area contributed by atoms with Crippen LogP contribution in [-0.4, -0.2) is 55.4 Å². The van der Waals surface area contributed by atoms with E-state index in [9.17, 15) is 13.2 Å². The molecule has 0 bridgehead atoms. The van der Waals surface area contributed by atoms with Gasteiger partial charge in [0.2, 0.25) is 0 Å². The Balaban J connectivity index is 0.000000550. The fraction of sp³-hybridized carbons (Fsp3) is 0.214. The minimum absolute atomic E-state index is 0.194. The highest BCUT2D eigenvalue weighted by molar-refractivity contribution is 7.85. The van der Waals surface area contributed by atoms with Crippen molar-refractivity contribution in [1.82, 2.24) is 10.0 Å². The van der Waals surface area contributed by atoms with E-state index in [2.05, 4.69) is 15.0 Å². The first-order valence-corrected chi connectivity index (χ1v) is 8.55. The molecule has 0 aliphatic carbocycles. The first kappa shape index (κ1) is 20.3. The topological polar surface area (TPSA) is 144 Å². The highest BCUT2D eigenvalue weighted by Crippen LogP contribution is 2.18. The molecule has 10 nitrogen and oxygen atoms in total. The van der Waals surface area contributed by atoms with E-state index in [0.717, 1.165) is 5.06 Å². The van der Waals surface area contributed by atoms with Gasteiger partial charge in [0.15, 0.2) is 0 Å². The molecule has 2 rings (SSSR count). The minimum atomic E-state index is -3.67. The summed E-state index contributed by atoms with van der Waals surface area (Å²) < 4.78 is 25.9. The number of carbonyl (C=O) groups is 1. The molecular weight excluding hydrogens is 352 g/mol. The van der Waals surface area contributed by atoms with Gasteiger partial charge in [-0.05, 0) is 17.3 Å². The van der Waals surface area contributed by atoms with Gasteiger partial charge in [0, 0.05) is 11.6 Å². The summed E-state index contributed by atoms with van der Waals surface area (Å²) >= 11 is 0. The lowest BCUT2D eigenvalue weighted by Gasteiger charge is -2.18. The second kappa shape index (κ2) is 8.92. The summed E-state index contributed by atoms with van der Waals surface area (Å²) in [5.74, 6) is -0.648.